The SMILES string of the molecule is CN(CC[N+](C)(C)[O-])C(=O)c1ccc(-c2cc(Cl)c(CC3CCN(C4CCCCC4)C3=O)c(Cl)c2)cc1. The van der Waals surface area contributed by atoms with Crippen LogP contribution in [0, 0.1) is 11.1 Å². The third-order valence-electron chi connectivity index (χ3n) is 7.74. The maximum absolute atomic E-state index is 13.1. The molecule has 2 amide bonds. The lowest BCUT2D eigenvalue weighted by molar-refractivity contribution is -0.839. The molecule has 0 radical (unpaired) electrons. The first kappa shape index (κ1) is 27.9. The maximum atomic E-state index is 13.1. The lowest BCUT2D eigenvalue weighted by atomic mass is 9.93. The zero-order chi connectivity index (χ0) is 26.7. The van der Waals surface area contributed by atoms with E-state index in [1.165, 1.54) is 19.3 Å². The van der Waals surface area contributed by atoms with Gasteiger partial charge in [-0.15, -0.1) is 0 Å². The van der Waals surface area contributed by atoms with Crippen LogP contribution in [0.15, 0.2) is 36.4 Å². The molecule has 2 aromatic carbocycles. The summed E-state index contributed by atoms with van der Waals surface area (Å²) < 4.78 is -0.443. The molecule has 8 heteroatoms. The summed E-state index contributed by atoms with van der Waals surface area (Å²) >= 11 is 13.4. The third kappa shape index (κ3) is 6.85. The lowest BCUT2D eigenvalue weighted by Crippen LogP contribution is -2.41. The average Bonchev–Trinajstić information content (AvgIpc) is 3.24. The molecule has 0 N–H and O–H groups in total. The second-order valence-electron chi connectivity index (χ2n) is 11.0. The number of hydrogen-bond acceptors (Lipinski definition) is 3. The first-order valence-corrected chi connectivity index (χ1v) is 14.0. The van der Waals surface area contributed by atoms with Crippen LogP contribution in [-0.2, 0) is 11.2 Å². The number of likely N-dealkylation sites (N-methyl/N-ethyl adjacent to an activating group) is 2. The Kier molecular flexibility index (Phi) is 8.85. The number of quaternary nitrogens is 1. The Morgan fingerprint density at radius 1 is 1.03 bits per heavy atom. The molecule has 1 aliphatic carbocycles. The van der Waals surface area contributed by atoms with Gasteiger partial charge < -0.3 is 19.7 Å². The number of benzene rings is 2. The van der Waals surface area contributed by atoms with Gasteiger partial charge in [-0.25, -0.2) is 0 Å². The van der Waals surface area contributed by atoms with Crippen LogP contribution in [0.3, 0.4) is 0 Å². The summed E-state index contributed by atoms with van der Waals surface area (Å²) in [5.41, 5.74) is 3.13. The van der Waals surface area contributed by atoms with Crippen LogP contribution in [0.2, 0.25) is 10.0 Å². The summed E-state index contributed by atoms with van der Waals surface area (Å²) in [5.74, 6) is 0.0389. The number of rotatable bonds is 8. The molecule has 1 saturated carbocycles. The van der Waals surface area contributed by atoms with Crippen molar-refractivity contribution in [3.05, 3.63) is 62.8 Å². The monoisotopic (exact) mass is 545 g/mol. The number of carbonyl (C=O) groups excluding carboxylic acids is 2. The highest BCUT2D eigenvalue weighted by Crippen LogP contribution is 2.36. The van der Waals surface area contributed by atoms with E-state index in [-0.39, 0.29) is 17.7 Å². The van der Waals surface area contributed by atoms with Crippen molar-refractivity contribution in [1.29, 1.82) is 0 Å². The maximum Gasteiger partial charge on any atom is 0.253 e. The van der Waals surface area contributed by atoms with Crippen molar-refractivity contribution in [3.63, 3.8) is 0 Å². The fraction of sp³-hybridized carbons (Fsp3) is 0.517. The number of halogens is 2. The highest BCUT2D eigenvalue weighted by Gasteiger charge is 2.36. The molecule has 1 saturated heterocycles. The highest BCUT2D eigenvalue weighted by atomic mass is 35.5. The average molecular weight is 547 g/mol. The number of hydroxylamine groups is 3. The molecule has 0 aromatic heterocycles. The molecule has 2 fully saturated rings. The molecule has 200 valence electrons. The first-order chi connectivity index (χ1) is 17.5. The molecule has 1 heterocycles. The molecule has 6 nitrogen and oxygen atoms in total. The Labute approximate surface area is 230 Å². The minimum absolute atomic E-state index is 0.0731. The topological polar surface area (TPSA) is 63.7 Å². The molecule has 1 unspecified atom stereocenters. The molecule has 2 aliphatic rings. The van der Waals surface area contributed by atoms with Crippen molar-refractivity contribution in [3.8, 4) is 11.1 Å². The minimum Gasteiger partial charge on any atom is -0.633 e. The van der Waals surface area contributed by atoms with Crippen LogP contribution >= 0.6 is 23.2 Å². The molecular weight excluding hydrogens is 509 g/mol. The van der Waals surface area contributed by atoms with E-state index in [2.05, 4.69) is 4.90 Å². The Bertz CT molecular complexity index is 1100. The van der Waals surface area contributed by atoms with Gasteiger partial charge in [-0.2, -0.15) is 0 Å². The Balaban J connectivity index is 1.42. The van der Waals surface area contributed by atoms with Crippen molar-refractivity contribution >= 4 is 35.0 Å². The number of nitrogens with zero attached hydrogens (tertiary/aromatic N) is 3. The van der Waals surface area contributed by atoms with Crippen LogP contribution in [-0.4, -0.2) is 73.1 Å². The lowest BCUT2D eigenvalue weighted by Gasteiger charge is -2.35. The third-order valence-corrected chi connectivity index (χ3v) is 8.42. The van der Waals surface area contributed by atoms with Crippen molar-refractivity contribution < 1.29 is 14.2 Å². The van der Waals surface area contributed by atoms with Gasteiger partial charge in [0.1, 0.15) is 0 Å². The van der Waals surface area contributed by atoms with Gasteiger partial charge in [0, 0.05) is 41.2 Å². The van der Waals surface area contributed by atoms with Gasteiger partial charge in [-0.3, -0.25) is 9.59 Å². The largest absolute Gasteiger partial charge is 0.633 e. The summed E-state index contributed by atoms with van der Waals surface area (Å²) in [6, 6.07) is 11.5. The summed E-state index contributed by atoms with van der Waals surface area (Å²) in [6.45, 7) is 1.54. The smallest absolute Gasteiger partial charge is 0.253 e. The van der Waals surface area contributed by atoms with Gasteiger partial charge >= 0.3 is 0 Å². The zero-order valence-electron chi connectivity index (χ0n) is 22.0. The van der Waals surface area contributed by atoms with E-state index >= 15 is 0 Å². The van der Waals surface area contributed by atoms with E-state index in [0.717, 1.165) is 42.5 Å². The quantitative estimate of drug-likeness (QED) is 0.300. The number of amides is 2. The van der Waals surface area contributed by atoms with Crippen LogP contribution in [0.25, 0.3) is 11.1 Å². The van der Waals surface area contributed by atoms with Crippen molar-refractivity contribution in [1.82, 2.24) is 9.80 Å². The molecule has 1 atom stereocenters. The Hall–Kier alpha value is -2.12. The van der Waals surface area contributed by atoms with Crippen LogP contribution in [0.1, 0.15) is 54.4 Å². The van der Waals surface area contributed by atoms with Crippen molar-refractivity contribution in [2.24, 2.45) is 5.92 Å². The van der Waals surface area contributed by atoms with Gasteiger partial charge in [0.2, 0.25) is 5.91 Å². The van der Waals surface area contributed by atoms with Gasteiger partial charge in [0.05, 0.1) is 27.2 Å². The van der Waals surface area contributed by atoms with E-state index in [4.69, 9.17) is 23.2 Å². The first-order valence-electron chi connectivity index (χ1n) is 13.2. The number of hydrogen-bond donors (Lipinski definition) is 0. The summed E-state index contributed by atoms with van der Waals surface area (Å²) in [6.07, 6.45) is 7.33. The second kappa shape index (κ2) is 11.7. The van der Waals surface area contributed by atoms with Gasteiger partial charge in [-0.1, -0.05) is 54.6 Å². The fourth-order valence-electron chi connectivity index (χ4n) is 5.44. The van der Waals surface area contributed by atoms with Crippen molar-refractivity contribution in [2.75, 3.05) is 40.8 Å². The molecule has 1 aliphatic heterocycles. The van der Waals surface area contributed by atoms with Crippen LogP contribution in [0.5, 0.6) is 0 Å². The number of likely N-dealkylation sites (tertiary alicyclic amines) is 1. The summed E-state index contributed by atoms with van der Waals surface area (Å²) in [5, 5.41) is 12.9. The predicted molar refractivity (Wildman–Crippen MR) is 150 cm³/mol. The Morgan fingerprint density at radius 3 is 2.24 bits per heavy atom. The van der Waals surface area contributed by atoms with E-state index in [1.807, 2.05) is 24.3 Å². The summed E-state index contributed by atoms with van der Waals surface area (Å²) in [4.78, 5) is 29.5. The van der Waals surface area contributed by atoms with Gasteiger partial charge in [-0.05, 0) is 66.6 Å². The van der Waals surface area contributed by atoms with Crippen molar-refractivity contribution in [2.45, 2.75) is 51.0 Å². The van der Waals surface area contributed by atoms with E-state index in [1.54, 1.807) is 38.2 Å². The van der Waals surface area contributed by atoms with Gasteiger partial charge in [0.15, 0.2) is 0 Å². The molecule has 2 aromatic rings. The van der Waals surface area contributed by atoms with E-state index in [9.17, 15) is 14.8 Å². The summed E-state index contributed by atoms with van der Waals surface area (Å²) in [7, 11) is 4.83. The highest BCUT2D eigenvalue weighted by molar-refractivity contribution is 6.36. The zero-order valence-corrected chi connectivity index (χ0v) is 23.5. The fourth-order valence-corrected chi connectivity index (χ4v) is 6.08. The molecule has 0 bridgehead atoms. The second-order valence-corrected chi connectivity index (χ2v) is 11.8. The normalized spacial score (nSPS) is 18.9. The van der Waals surface area contributed by atoms with Crippen LogP contribution < -0.4 is 0 Å². The van der Waals surface area contributed by atoms with Crippen LogP contribution in [0.4, 0.5) is 0 Å². The molecule has 37 heavy (non-hydrogen) atoms. The number of carbonyl (C=O) groups is 2. The molecule has 4 rings (SSSR count). The predicted octanol–water partition coefficient (Wildman–Crippen LogP) is 6.03. The van der Waals surface area contributed by atoms with Gasteiger partial charge in [0.25, 0.3) is 5.91 Å². The van der Waals surface area contributed by atoms with E-state index < -0.39 is 4.65 Å². The molecular formula is C29H37Cl2N3O3. The standard InChI is InChI=1S/C29H37Cl2N3O3/c1-32(15-16-34(2,3)37)28(35)21-11-9-20(10-12-21)23-18-26(30)25(27(31)19-23)17-22-13-14-33(29(22)36)24-7-5-4-6-8-24/h9-12,18-19,22,24H,4-8,13-17H2,1-3H3. The minimum atomic E-state index is -0.443. The van der Waals surface area contributed by atoms with E-state index in [0.29, 0.717) is 41.2 Å². The Morgan fingerprint density at radius 2 is 1.65 bits per heavy atom. The molecule has 0 spiro atoms.